The molecule has 2 aromatic heterocycles. The average molecular weight is 398 g/mol. The van der Waals surface area contributed by atoms with Crippen molar-refractivity contribution >= 4 is 43.1 Å². The fourth-order valence-electron chi connectivity index (χ4n) is 4.90. The minimum absolute atomic E-state index is 0.863. The van der Waals surface area contributed by atoms with Gasteiger partial charge in [0.25, 0.3) is 0 Å². The van der Waals surface area contributed by atoms with E-state index in [9.17, 15) is 0 Å². The van der Waals surface area contributed by atoms with Crippen molar-refractivity contribution in [1.82, 2.24) is 9.97 Å². The lowest BCUT2D eigenvalue weighted by Crippen LogP contribution is -2.00. The molecule has 146 valence electrons. The van der Waals surface area contributed by atoms with Gasteiger partial charge >= 0.3 is 0 Å². The standard InChI is InChI=1S/C28H18N2O/c1-2-19-13-22-18(15-30-19)7-8-20-21-9-10-29-28-24-11-16-5-3-4-6-17(16)12-25(24)31-26(27(21)28)14-23(20)22/h3-15H,2H2,1H3. The summed E-state index contributed by atoms with van der Waals surface area (Å²) in [6.07, 6.45) is 4.81. The van der Waals surface area contributed by atoms with Gasteiger partial charge in [0.05, 0.1) is 11.1 Å². The van der Waals surface area contributed by atoms with E-state index in [4.69, 9.17) is 9.72 Å². The Hall–Kier alpha value is -3.98. The van der Waals surface area contributed by atoms with E-state index in [1.165, 1.54) is 32.3 Å². The highest BCUT2D eigenvalue weighted by Crippen LogP contribution is 2.49. The van der Waals surface area contributed by atoms with Gasteiger partial charge in [-0.2, -0.15) is 0 Å². The van der Waals surface area contributed by atoms with Crippen LogP contribution in [0.3, 0.4) is 0 Å². The van der Waals surface area contributed by atoms with Crippen LogP contribution in [0.25, 0.3) is 54.3 Å². The molecule has 1 aliphatic heterocycles. The van der Waals surface area contributed by atoms with Crippen LogP contribution in [-0.4, -0.2) is 9.97 Å². The van der Waals surface area contributed by atoms with E-state index < -0.39 is 0 Å². The van der Waals surface area contributed by atoms with E-state index in [-0.39, 0.29) is 0 Å². The average Bonchev–Trinajstić information content (AvgIpc) is 2.82. The Morgan fingerprint density at radius 2 is 1.58 bits per heavy atom. The van der Waals surface area contributed by atoms with Crippen molar-refractivity contribution in [2.45, 2.75) is 13.3 Å². The second-order valence-corrected chi connectivity index (χ2v) is 8.17. The number of rotatable bonds is 1. The van der Waals surface area contributed by atoms with E-state index in [1.807, 2.05) is 12.4 Å². The molecule has 1 aliphatic rings. The SMILES string of the molecule is CCc1cc2c(ccc3c4ccnc5c4c(cc23)Oc2cc3ccccc3cc2-5)cn1. The Morgan fingerprint density at radius 3 is 2.45 bits per heavy atom. The normalized spacial score (nSPS) is 12.4. The van der Waals surface area contributed by atoms with Crippen molar-refractivity contribution in [2.75, 3.05) is 0 Å². The molecule has 0 unspecified atom stereocenters. The summed E-state index contributed by atoms with van der Waals surface area (Å²) in [6.45, 7) is 2.14. The number of nitrogens with zero attached hydrogens (tertiary/aromatic N) is 2. The topological polar surface area (TPSA) is 35.0 Å². The summed E-state index contributed by atoms with van der Waals surface area (Å²) >= 11 is 0. The molecule has 31 heavy (non-hydrogen) atoms. The summed E-state index contributed by atoms with van der Waals surface area (Å²) in [5, 5.41) is 9.39. The van der Waals surface area contributed by atoms with Gasteiger partial charge in [-0.05, 0) is 69.1 Å². The van der Waals surface area contributed by atoms with Gasteiger partial charge in [-0.25, -0.2) is 0 Å². The first-order chi connectivity index (χ1) is 15.3. The maximum atomic E-state index is 6.52. The fraction of sp³-hybridized carbons (Fsp3) is 0.0714. The molecule has 0 bridgehead atoms. The molecule has 3 heterocycles. The van der Waals surface area contributed by atoms with Crippen LogP contribution in [0, 0.1) is 0 Å². The van der Waals surface area contributed by atoms with Gasteiger partial charge in [0.2, 0.25) is 0 Å². The quantitative estimate of drug-likeness (QED) is 0.270. The van der Waals surface area contributed by atoms with Crippen LogP contribution in [-0.2, 0) is 6.42 Å². The second-order valence-electron chi connectivity index (χ2n) is 8.17. The first kappa shape index (κ1) is 16.8. The predicted octanol–water partition coefficient (Wildman–Crippen LogP) is 7.42. The second kappa shape index (κ2) is 6.02. The summed E-state index contributed by atoms with van der Waals surface area (Å²) in [5.74, 6) is 1.73. The van der Waals surface area contributed by atoms with Crippen LogP contribution in [0.15, 0.2) is 79.1 Å². The number of aromatic nitrogens is 2. The highest BCUT2D eigenvalue weighted by atomic mass is 16.5. The Labute approximate surface area is 178 Å². The van der Waals surface area contributed by atoms with Crippen LogP contribution >= 0.6 is 0 Å². The monoisotopic (exact) mass is 398 g/mol. The lowest BCUT2D eigenvalue weighted by atomic mass is 9.92. The largest absolute Gasteiger partial charge is 0.456 e. The van der Waals surface area contributed by atoms with Crippen LogP contribution in [0.5, 0.6) is 11.5 Å². The van der Waals surface area contributed by atoms with Crippen LogP contribution < -0.4 is 4.74 Å². The number of aryl methyl sites for hydroxylation is 1. The maximum absolute atomic E-state index is 6.52. The van der Waals surface area contributed by atoms with Crippen molar-refractivity contribution in [3.63, 3.8) is 0 Å². The summed E-state index contributed by atoms with van der Waals surface area (Å²) in [5.41, 5.74) is 3.14. The van der Waals surface area contributed by atoms with E-state index in [0.29, 0.717) is 0 Å². The van der Waals surface area contributed by atoms with Crippen LogP contribution in [0.2, 0.25) is 0 Å². The Morgan fingerprint density at radius 1 is 0.710 bits per heavy atom. The van der Waals surface area contributed by atoms with E-state index in [1.54, 1.807) is 0 Å². The zero-order chi connectivity index (χ0) is 20.5. The molecule has 0 spiro atoms. The minimum atomic E-state index is 0.863. The molecule has 6 aromatic rings. The highest BCUT2D eigenvalue weighted by Gasteiger charge is 2.23. The molecule has 0 saturated carbocycles. The highest BCUT2D eigenvalue weighted by molar-refractivity contribution is 6.21. The Balaban J connectivity index is 1.62. The van der Waals surface area contributed by atoms with Crippen molar-refractivity contribution in [3.8, 4) is 22.8 Å². The molecule has 7 rings (SSSR count). The molecular weight excluding hydrogens is 380 g/mol. The lowest BCUT2D eigenvalue weighted by Gasteiger charge is -2.22. The number of ether oxygens (including phenoxy) is 1. The number of benzene rings is 4. The molecule has 0 amide bonds. The smallest absolute Gasteiger partial charge is 0.138 e. The van der Waals surface area contributed by atoms with Gasteiger partial charge in [0.1, 0.15) is 11.5 Å². The maximum Gasteiger partial charge on any atom is 0.138 e. The Kier molecular flexibility index (Phi) is 3.26. The third kappa shape index (κ3) is 2.29. The molecule has 0 atom stereocenters. The lowest BCUT2D eigenvalue weighted by molar-refractivity contribution is 0.488. The van der Waals surface area contributed by atoms with Gasteiger partial charge in [0, 0.05) is 29.0 Å². The fourth-order valence-corrected chi connectivity index (χ4v) is 4.90. The molecule has 3 nitrogen and oxygen atoms in total. The van der Waals surface area contributed by atoms with Crippen molar-refractivity contribution in [1.29, 1.82) is 0 Å². The predicted molar refractivity (Wildman–Crippen MR) is 127 cm³/mol. The first-order valence-corrected chi connectivity index (χ1v) is 10.6. The molecule has 3 heteroatoms. The molecule has 0 N–H and O–H groups in total. The van der Waals surface area contributed by atoms with Gasteiger partial charge in [-0.3, -0.25) is 9.97 Å². The van der Waals surface area contributed by atoms with E-state index in [2.05, 4.69) is 78.6 Å². The van der Waals surface area contributed by atoms with Gasteiger partial charge in [0.15, 0.2) is 0 Å². The third-order valence-corrected chi connectivity index (χ3v) is 6.45. The van der Waals surface area contributed by atoms with Crippen molar-refractivity contribution in [3.05, 3.63) is 84.8 Å². The number of pyridine rings is 2. The van der Waals surface area contributed by atoms with Crippen LogP contribution in [0.4, 0.5) is 0 Å². The summed E-state index contributed by atoms with van der Waals surface area (Å²) in [7, 11) is 0. The number of hydrogen-bond acceptors (Lipinski definition) is 3. The molecule has 0 radical (unpaired) electrons. The zero-order valence-electron chi connectivity index (χ0n) is 17.0. The van der Waals surface area contributed by atoms with Crippen molar-refractivity contribution < 1.29 is 4.74 Å². The van der Waals surface area contributed by atoms with Gasteiger partial charge in [-0.1, -0.05) is 43.3 Å². The summed E-state index contributed by atoms with van der Waals surface area (Å²) < 4.78 is 6.52. The molecule has 0 saturated heterocycles. The van der Waals surface area contributed by atoms with E-state index in [0.717, 1.165) is 45.6 Å². The van der Waals surface area contributed by atoms with Crippen LogP contribution in [0.1, 0.15) is 12.6 Å². The summed E-state index contributed by atoms with van der Waals surface area (Å²) in [4.78, 5) is 9.37. The molecule has 0 fully saturated rings. The van der Waals surface area contributed by atoms with Gasteiger partial charge in [-0.15, -0.1) is 0 Å². The number of fused-ring (bicyclic) bond motifs is 7. The summed E-state index contributed by atoms with van der Waals surface area (Å²) in [6, 6.07) is 23.6. The van der Waals surface area contributed by atoms with Gasteiger partial charge < -0.3 is 4.74 Å². The number of hydrogen-bond donors (Lipinski definition) is 0. The minimum Gasteiger partial charge on any atom is -0.456 e. The first-order valence-electron chi connectivity index (χ1n) is 10.6. The Bertz CT molecular complexity index is 1700. The molecule has 4 aromatic carbocycles. The molecule has 0 aliphatic carbocycles. The molecular formula is C28H18N2O. The zero-order valence-corrected chi connectivity index (χ0v) is 17.0. The van der Waals surface area contributed by atoms with E-state index >= 15 is 0 Å². The third-order valence-electron chi connectivity index (χ3n) is 6.45. The van der Waals surface area contributed by atoms with Crippen molar-refractivity contribution in [2.24, 2.45) is 0 Å².